The summed E-state index contributed by atoms with van der Waals surface area (Å²) in [5, 5.41) is 16.7. The van der Waals surface area contributed by atoms with Gasteiger partial charge in [-0.2, -0.15) is 0 Å². The van der Waals surface area contributed by atoms with E-state index in [-0.39, 0.29) is 29.2 Å². The van der Waals surface area contributed by atoms with Crippen LogP contribution in [0.4, 0.5) is 16.2 Å². The number of nitrogens with two attached hydrogens (primary N) is 1. The van der Waals surface area contributed by atoms with Crippen LogP contribution in [0.3, 0.4) is 0 Å². The minimum atomic E-state index is -0.743. The Hall–Kier alpha value is -2.42. The number of carbonyl (C=O) groups excluding carboxylic acids is 1. The van der Waals surface area contributed by atoms with Crippen LogP contribution in [0, 0.1) is 21.4 Å². The van der Waals surface area contributed by atoms with Crippen LogP contribution in [0.15, 0.2) is 17.6 Å². The molecule has 3 N–H and O–H groups in total. The second-order valence-corrected chi connectivity index (χ2v) is 9.31. The van der Waals surface area contributed by atoms with Gasteiger partial charge in [0.1, 0.15) is 18.0 Å². The number of rotatable bonds is 5. The largest absolute Gasteiger partial charge is 0.446 e. The van der Waals surface area contributed by atoms with E-state index in [2.05, 4.69) is 10.3 Å². The predicted molar refractivity (Wildman–Crippen MR) is 110 cm³/mol. The third kappa shape index (κ3) is 4.35. The van der Waals surface area contributed by atoms with Crippen molar-refractivity contribution < 1.29 is 14.5 Å². The molecule has 0 saturated heterocycles. The van der Waals surface area contributed by atoms with Crippen molar-refractivity contribution in [2.24, 2.45) is 17.1 Å². The maximum atomic E-state index is 11.5. The zero-order valence-corrected chi connectivity index (χ0v) is 17.1. The first-order valence-corrected chi connectivity index (χ1v) is 10.3. The molecule has 0 radical (unpaired) electrons. The summed E-state index contributed by atoms with van der Waals surface area (Å²) in [6.07, 6.45) is 3.73. The normalized spacial score (nSPS) is 21.2. The van der Waals surface area contributed by atoms with Crippen molar-refractivity contribution in [1.82, 2.24) is 4.98 Å². The van der Waals surface area contributed by atoms with Gasteiger partial charge in [-0.15, -0.1) is 11.3 Å². The molecule has 9 heteroatoms. The van der Waals surface area contributed by atoms with Gasteiger partial charge in [0, 0.05) is 6.04 Å². The second kappa shape index (κ2) is 7.90. The Bertz CT molecular complexity index is 868. The molecule has 2 aromatic rings. The lowest BCUT2D eigenvalue weighted by Gasteiger charge is -2.39. The Labute approximate surface area is 167 Å². The molecule has 1 unspecified atom stereocenters. The molecule has 0 aliphatic heterocycles. The number of ether oxygens (including phenoxy) is 1. The molecule has 1 fully saturated rings. The standard InChI is InChI=1S/C19H26N4O4S/c1-19(2,3)17(27-18(20)24)11-4-6-12(7-5-11)22-15-14(23(25)26)10-21-13-8-9-28-16(13)15/h8-12,17H,4-7H2,1-3H3,(H2,20,24)(H,21,22). The fourth-order valence-corrected chi connectivity index (χ4v) is 4.91. The van der Waals surface area contributed by atoms with Gasteiger partial charge in [0.2, 0.25) is 0 Å². The van der Waals surface area contributed by atoms with Crippen molar-refractivity contribution in [1.29, 1.82) is 0 Å². The summed E-state index contributed by atoms with van der Waals surface area (Å²) in [5.74, 6) is 0.222. The molecule has 1 saturated carbocycles. The molecule has 152 valence electrons. The van der Waals surface area contributed by atoms with Gasteiger partial charge < -0.3 is 15.8 Å². The monoisotopic (exact) mass is 406 g/mol. The van der Waals surface area contributed by atoms with Crippen molar-refractivity contribution in [3.05, 3.63) is 27.8 Å². The summed E-state index contributed by atoms with van der Waals surface area (Å²) in [6.45, 7) is 6.12. The minimum absolute atomic E-state index is 0.00158. The molecule has 8 nitrogen and oxygen atoms in total. The summed E-state index contributed by atoms with van der Waals surface area (Å²) in [5.41, 5.74) is 6.38. The highest BCUT2D eigenvalue weighted by Crippen LogP contribution is 2.40. The number of pyridine rings is 1. The molecular formula is C19H26N4O4S. The molecule has 2 heterocycles. The number of thiophene rings is 1. The van der Waals surface area contributed by atoms with Crippen molar-refractivity contribution in [3.8, 4) is 0 Å². The Morgan fingerprint density at radius 1 is 1.39 bits per heavy atom. The van der Waals surface area contributed by atoms with E-state index in [4.69, 9.17) is 10.5 Å². The lowest BCUT2D eigenvalue weighted by molar-refractivity contribution is -0.384. The first kappa shape index (κ1) is 20.3. The quantitative estimate of drug-likeness (QED) is 0.549. The van der Waals surface area contributed by atoms with E-state index >= 15 is 0 Å². The van der Waals surface area contributed by atoms with Crippen LogP contribution < -0.4 is 11.1 Å². The van der Waals surface area contributed by atoms with Gasteiger partial charge in [-0.3, -0.25) is 10.1 Å². The van der Waals surface area contributed by atoms with Crippen molar-refractivity contribution in [3.63, 3.8) is 0 Å². The number of nitro groups is 1. The molecule has 3 rings (SSSR count). The lowest BCUT2D eigenvalue weighted by atomic mass is 9.73. The summed E-state index contributed by atoms with van der Waals surface area (Å²) in [7, 11) is 0. The highest BCUT2D eigenvalue weighted by atomic mass is 32.1. The van der Waals surface area contributed by atoms with Gasteiger partial charge in [0.15, 0.2) is 0 Å². The number of fused-ring (bicyclic) bond motifs is 1. The summed E-state index contributed by atoms with van der Waals surface area (Å²) >= 11 is 1.45. The van der Waals surface area contributed by atoms with E-state index in [1.807, 2.05) is 32.2 Å². The number of hydrogen-bond acceptors (Lipinski definition) is 7. The van der Waals surface area contributed by atoms with Gasteiger partial charge in [-0.05, 0) is 48.5 Å². The highest BCUT2D eigenvalue weighted by molar-refractivity contribution is 7.17. The number of nitrogens with one attached hydrogen (secondary N) is 1. The summed E-state index contributed by atoms with van der Waals surface area (Å²) in [6, 6.07) is 1.98. The number of aromatic nitrogens is 1. The van der Waals surface area contributed by atoms with Gasteiger partial charge in [-0.25, -0.2) is 9.78 Å². The predicted octanol–water partition coefficient (Wildman–Crippen LogP) is 4.69. The van der Waals surface area contributed by atoms with E-state index in [1.54, 1.807) is 0 Å². The zero-order valence-electron chi connectivity index (χ0n) is 16.3. The van der Waals surface area contributed by atoms with E-state index in [0.29, 0.717) is 5.69 Å². The number of nitrogens with zero attached hydrogens (tertiary/aromatic N) is 2. The van der Waals surface area contributed by atoms with Crippen molar-refractivity contribution >= 4 is 39.0 Å². The third-order valence-electron chi connectivity index (χ3n) is 5.30. The third-order valence-corrected chi connectivity index (χ3v) is 6.22. The Morgan fingerprint density at radius 3 is 2.64 bits per heavy atom. The van der Waals surface area contributed by atoms with Gasteiger partial charge in [0.25, 0.3) is 0 Å². The molecule has 1 amide bonds. The maximum Gasteiger partial charge on any atom is 0.404 e. The molecule has 0 aromatic carbocycles. The number of amides is 1. The first-order chi connectivity index (χ1) is 13.2. The van der Waals surface area contributed by atoms with E-state index < -0.39 is 11.0 Å². The van der Waals surface area contributed by atoms with Crippen LogP contribution in [-0.2, 0) is 4.74 Å². The molecule has 2 aromatic heterocycles. The van der Waals surface area contributed by atoms with Crippen LogP contribution in [-0.4, -0.2) is 28.1 Å². The average Bonchev–Trinajstić information content (AvgIpc) is 3.08. The SMILES string of the molecule is CC(C)(C)C(OC(N)=O)C1CCC(Nc2c([N+](=O)[O-])cnc3ccsc23)CC1. The molecule has 0 bridgehead atoms. The number of hydrogen-bond donors (Lipinski definition) is 2. The van der Waals surface area contributed by atoms with Gasteiger partial charge >= 0.3 is 11.8 Å². The number of primary amides is 1. The molecule has 1 aliphatic rings. The Morgan fingerprint density at radius 2 is 2.07 bits per heavy atom. The maximum absolute atomic E-state index is 11.5. The van der Waals surface area contributed by atoms with Crippen LogP contribution in [0.25, 0.3) is 10.2 Å². The molecule has 1 aliphatic carbocycles. The second-order valence-electron chi connectivity index (χ2n) is 8.39. The zero-order chi connectivity index (χ0) is 20.5. The average molecular weight is 407 g/mol. The van der Waals surface area contributed by atoms with Crippen molar-refractivity contribution in [2.75, 3.05) is 5.32 Å². The molecule has 0 spiro atoms. The van der Waals surface area contributed by atoms with Crippen LogP contribution in [0.2, 0.25) is 0 Å². The Balaban J connectivity index is 1.73. The van der Waals surface area contributed by atoms with Crippen LogP contribution in [0.1, 0.15) is 46.5 Å². The van der Waals surface area contributed by atoms with Crippen LogP contribution in [0.5, 0.6) is 0 Å². The Kier molecular flexibility index (Phi) is 5.74. The first-order valence-electron chi connectivity index (χ1n) is 9.40. The van der Waals surface area contributed by atoms with Crippen molar-refractivity contribution in [2.45, 2.75) is 58.6 Å². The van der Waals surface area contributed by atoms with Crippen LogP contribution >= 0.6 is 11.3 Å². The molecule has 1 atom stereocenters. The fraction of sp³-hybridized carbons (Fsp3) is 0.579. The molecule has 28 heavy (non-hydrogen) atoms. The van der Waals surface area contributed by atoms with E-state index in [9.17, 15) is 14.9 Å². The van der Waals surface area contributed by atoms with E-state index in [1.165, 1.54) is 17.5 Å². The van der Waals surface area contributed by atoms with Gasteiger partial charge in [0.05, 0.1) is 15.1 Å². The number of anilines is 1. The minimum Gasteiger partial charge on any atom is -0.446 e. The summed E-state index contributed by atoms with van der Waals surface area (Å²) in [4.78, 5) is 26.6. The molecular weight excluding hydrogens is 380 g/mol. The topological polar surface area (TPSA) is 120 Å². The van der Waals surface area contributed by atoms with E-state index in [0.717, 1.165) is 35.9 Å². The van der Waals surface area contributed by atoms with Gasteiger partial charge in [-0.1, -0.05) is 20.8 Å². The smallest absolute Gasteiger partial charge is 0.404 e. The summed E-state index contributed by atoms with van der Waals surface area (Å²) < 4.78 is 6.23. The number of carbonyl (C=O) groups is 1. The fourth-order valence-electron chi connectivity index (χ4n) is 4.06. The lowest BCUT2D eigenvalue weighted by Crippen LogP contribution is -2.42. The highest BCUT2D eigenvalue weighted by Gasteiger charge is 2.37.